The SMILES string of the molecule is CCOc1nnc(OCC)c2c1nc(C(C)C)n2Cc1ccc(-c2ccccc2-c2nnn[nH]2)cc1. The molecule has 3 aromatic heterocycles. The minimum Gasteiger partial charge on any atom is -0.475 e. The van der Waals surface area contributed by atoms with E-state index in [9.17, 15) is 0 Å². The number of nitrogens with one attached hydrogen (secondary N) is 1. The minimum atomic E-state index is 0.183. The van der Waals surface area contributed by atoms with Gasteiger partial charge in [0.05, 0.1) is 13.2 Å². The third kappa shape index (κ3) is 4.37. The molecule has 0 radical (unpaired) electrons. The Morgan fingerprint density at radius 3 is 2.22 bits per heavy atom. The Kier molecular flexibility index (Phi) is 6.57. The van der Waals surface area contributed by atoms with Crippen LogP contribution < -0.4 is 9.47 Å². The van der Waals surface area contributed by atoms with E-state index < -0.39 is 0 Å². The molecular weight excluding hydrogens is 456 g/mol. The predicted molar refractivity (Wildman–Crippen MR) is 136 cm³/mol. The van der Waals surface area contributed by atoms with Crippen LogP contribution in [0.25, 0.3) is 33.5 Å². The zero-order valence-corrected chi connectivity index (χ0v) is 20.8. The van der Waals surface area contributed by atoms with E-state index in [4.69, 9.17) is 14.5 Å². The van der Waals surface area contributed by atoms with Gasteiger partial charge in [0.1, 0.15) is 11.3 Å². The number of benzene rings is 2. The fourth-order valence-corrected chi connectivity index (χ4v) is 4.28. The first-order valence-corrected chi connectivity index (χ1v) is 12.1. The standard InChI is InChI=1S/C26H28N8O2/c1-5-35-25-21-22(26(31-30-25)36-6-2)34(24(27-21)16(3)4)15-17-11-13-18(14-12-17)19-9-7-8-10-20(19)23-28-32-33-29-23/h7-14,16H,5-6,15H2,1-4H3,(H,28,29,32,33). The summed E-state index contributed by atoms with van der Waals surface area (Å²) in [7, 11) is 0. The van der Waals surface area contributed by atoms with Gasteiger partial charge in [-0.25, -0.2) is 10.1 Å². The Morgan fingerprint density at radius 2 is 1.56 bits per heavy atom. The monoisotopic (exact) mass is 484 g/mol. The van der Waals surface area contributed by atoms with Crippen LogP contribution in [0.3, 0.4) is 0 Å². The van der Waals surface area contributed by atoms with Gasteiger partial charge in [0.2, 0.25) is 0 Å². The normalized spacial score (nSPS) is 11.4. The first-order valence-electron chi connectivity index (χ1n) is 12.1. The summed E-state index contributed by atoms with van der Waals surface area (Å²) in [5.41, 5.74) is 5.66. The molecule has 0 spiro atoms. The molecule has 0 unspecified atom stereocenters. The lowest BCUT2D eigenvalue weighted by Crippen LogP contribution is -2.09. The Morgan fingerprint density at radius 1 is 0.861 bits per heavy atom. The van der Waals surface area contributed by atoms with Crippen LogP contribution >= 0.6 is 0 Å². The molecular formula is C26H28N8O2. The first kappa shape index (κ1) is 23.4. The molecule has 2 aromatic carbocycles. The Labute approximate surface area is 208 Å². The molecule has 36 heavy (non-hydrogen) atoms. The molecule has 0 aliphatic carbocycles. The first-order chi connectivity index (χ1) is 17.6. The van der Waals surface area contributed by atoms with E-state index in [0.29, 0.717) is 42.9 Å². The number of imidazole rings is 1. The molecule has 0 amide bonds. The summed E-state index contributed by atoms with van der Waals surface area (Å²) in [5, 5.41) is 22.9. The molecule has 5 rings (SSSR count). The van der Waals surface area contributed by atoms with E-state index in [1.54, 1.807) is 0 Å². The molecule has 1 N–H and O–H groups in total. The highest BCUT2D eigenvalue weighted by Crippen LogP contribution is 2.34. The van der Waals surface area contributed by atoms with Crippen molar-refractivity contribution in [2.24, 2.45) is 0 Å². The number of hydrogen-bond donors (Lipinski definition) is 1. The van der Waals surface area contributed by atoms with E-state index in [0.717, 1.165) is 33.6 Å². The summed E-state index contributed by atoms with van der Waals surface area (Å²) in [5.74, 6) is 2.62. The summed E-state index contributed by atoms with van der Waals surface area (Å²) in [6.45, 7) is 9.66. The van der Waals surface area contributed by atoms with Crippen LogP contribution in [0, 0.1) is 0 Å². The number of aromatic amines is 1. The van der Waals surface area contributed by atoms with Gasteiger partial charge < -0.3 is 14.0 Å². The second kappa shape index (κ2) is 10.1. The average molecular weight is 485 g/mol. The van der Waals surface area contributed by atoms with Gasteiger partial charge >= 0.3 is 0 Å². The van der Waals surface area contributed by atoms with Crippen molar-refractivity contribution in [2.45, 2.75) is 40.2 Å². The van der Waals surface area contributed by atoms with Crippen molar-refractivity contribution in [3.63, 3.8) is 0 Å². The van der Waals surface area contributed by atoms with Gasteiger partial charge in [-0.2, -0.15) is 0 Å². The van der Waals surface area contributed by atoms with Gasteiger partial charge in [0.15, 0.2) is 11.3 Å². The molecule has 3 heterocycles. The maximum absolute atomic E-state index is 5.84. The zero-order chi connectivity index (χ0) is 25.1. The number of nitrogens with zero attached hydrogens (tertiary/aromatic N) is 7. The van der Waals surface area contributed by atoms with Crippen molar-refractivity contribution >= 4 is 11.0 Å². The smallest absolute Gasteiger partial charge is 0.262 e. The third-order valence-electron chi connectivity index (χ3n) is 5.85. The van der Waals surface area contributed by atoms with Gasteiger partial charge in [-0.05, 0) is 41.0 Å². The molecule has 5 aromatic rings. The summed E-state index contributed by atoms with van der Waals surface area (Å²) < 4.78 is 13.7. The molecule has 184 valence electrons. The summed E-state index contributed by atoms with van der Waals surface area (Å²) >= 11 is 0. The van der Waals surface area contributed by atoms with E-state index in [1.165, 1.54) is 0 Å². The van der Waals surface area contributed by atoms with Crippen LogP contribution in [-0.4, -0.2) is 53.6 Å². The summed E-state index contributed by atoms with van der Waals surface area (Å²) in [6.07, 6.45) is 0. The van der Waals surface area contributed by atoms with Crippen molar-refractivity contribution in [2.75, 3.05) is 13.2 Å². The highest BCUT2D eigenvalue weighted by Gasteiger charge is 2.23. The van der Waals surface area contributed by atoms with E-state index in [1.807, 2.05) is 32.0 Å². The van der Waals surface area contributed by atoms with Crippen molar-refractivity contribution in [3.05, 3.63) is 59.9 Å². The minimum absolute atomic E-state index is 0.183. The maximum atomic E-state index is 5.84. The fraction of sp³-hybridized carbons (Fsp3) is 0.308. The molecule has 0 aliphatic heterocycles. The Hall–Kier alpha value is -4.34. The average Bonchev–Trinajstić information content (AvgIpc) is 3.56. The largest absolute Gasteiger partial charge is 0.475 e. The van der Waals surface area contributed by atoms with Gasteiger partial charge in [-0.15, -0.1) is 15.3 Å². The second-order valence-electron chi connectivity index (χ2n) is 8.58. The Bertz CT molecular complexity index is 1460. The molecule has 10 nitrogen and oxygen atoms in total. The lowest BCUT2D eigenvalue weighted by atomic mass is 9.98. The number of H-pyrrole nitrogens is 1. The van der Waals surface area contributed by atoms with Crippen LogP contribution in [0.5, 0.6) is 11.8 Å². The molecule has 0 bridgehead atoms. The van der Waals surface area contributed by atoms with E-state index >= 15 is 0 Å². The van der Waals surface area contributed by atoms with Crippen LogP contribution in [0.15, 0.2) is 48.5 Å². The summed E-state index contributed by atoms with van der Waals surface area (Å²) in [6, 6.07) is 16.5. The van der Waals surface area contributed by atoms with E-state index in [-0.39, 0.29) is 5.92 Å². The predicted octanol–water partition coefficient (Wildman–Crippen LogP) is 4.64. The summed E-state index contributed by atoms with van der Waals surface area (Å²) in [4.78, 5) is 4.91. The Balaban J connectivity index is 1.55. The maximum Gasteiger partial charge on any atom is 0.262 e. The molecule has 0 saturated heterocycles. The number of hydrogen-bond acceptors (Lipinski definition) is 8. The van der Waals surface area contributed by atoms with Gasteiger partial charge in [-0.1, -0.05) is 62.4 Å². The molecule has 0 atom stereocenters. The van der Waals surface area contributed by atoms with Crippen LogP contribution in [0.4, 0.5) is 0 Å². The van der Waals surface area contributed by atoms with Crippen molar-refractivity contribution in [1.82, 2.24) is 40.4 Å². The van der Waals surface area contributed by atoms with E-state index in [2.05, 4.69) is 79.6 Å². The van der Waals surface area contributed by atoms with Crippen LogP contribution in [-0.2, 0) is 6.54 Å². The van der Waals surface area contributed by atoms with Gasteiger partial charge in [0.25, 0.3) is 11.8 Å². The lowest BCUT2D eigenvalue weighted by Gasteiger charge is -2.14. The second-order valence-corrected chi connectivity index (χ2v) is 8.58. The molecule has 0 fully saturated rings. The number of fused-ring (bicyclic) bond motifs is 1. The quantitative estimate of drug-likeness (QED) is 0.322. The molecule has 0 aliphatic rings. The van der Waals surface area contributed by atoms with Crippen LogP contribution in [0.1, 0.15) is 45.0 Å². The van der Waals surface area contributed by atoms with Gasteiger partial charge in [0, 0.05) is 18.0 Å². The number of ether oxygens (including phenoxy) is 2. The van der Waals surface area contributed by atoms with Crippen LogP contribution in [0.2, 0.25) is 0 Å². The highest BCUT2D eigenvalue weighted by molar-refractivity contribution is 5.85. The highest BCUT2D eigenvalue weighted by atomic mass is 16.5. The lowest BCUT2D eigenvalue weighted by molar-refractivity contribution is 0.308. The van der Waals surface area contributed by atoms with Crippen molar-refractivity contribution in [1.29, 1.82) is 0 Å². The fourth-order valence-electron chi connectivity index (χ4n) is 4.28. The topological polar surface area (TPSA) is 117 Å². The third-order valence-corrected chi connectivity index (χ3v) is 5.85. The number of aromatic nitrogens is 8. The number of tetrazole rings is 1. The number of rotatable bonds is 9. The zero-order valence-electron chi connectivity index (χ0n) is 20.8. The molecule has 10 heteroatoms. The van der Waals surface area contributed by atoms with Gasteiger partial charge in [-0.3, -0.25) is 0 Å². The van der Waals surface area contributed by atoms with Crippen molar-refractivity contribution < 1.29 is 9.47 Å². The molecule has 0 saturated carbocycles. The van der Waals surface area contributed by atoms with Crippen molar-refractivity contribution in [3.8, 4) is 34.3 Å².